The van der Waals surface area contributed by atoms with Crippen LogP contribution >= 0.6 is 0 Å². The van der Waals surface area contributed by atoms with Crippen molar-refractivity contribution in [2.45, 2.75) is 43.0 Å². The molecule has 7 heteroatoms. The van der Waals surface area contributed by atoms with E-state index < -0.39 is 10.2 Å². The number of aryl methyl sites for hydroxylation is 1. The van der Waals surface area contributed by atoms with Gasteiger partial charge in [-0.25, -0.2) is 0 Å². The molecule has 1 unspecified atom stereocenters. The van der Waals surface area contributed by atoms with Gasteiger partial charge in [-0.05, 0) is 49.1 Å². The third-order valence-electron chi connectivity index (χ3n) is 5.69. The Balaban J connectivity index is 1.41. The van der Waals surface area contributed by atoms with Gasteiger partial charge in [0.1, 0.15) is 5.76 Å². The number of rotatable bonds is 5. The zero-order valence-corrected chi connectivity index (χ0v) is 15.0. The molecule has 1 amide bonds. The topological polar surface area (TPSA) is 67.6 Å². The molecule has 2 aromatic rings. The summed E-state index contributed by atoms with van der Waals surface area (Å²) >= 11 is 0. The van der Waals surface area contributed by atoms with Crippen molar-refractivity contribution in [3.63, 3.8) is 0 Å². The van der Waals surface area contributed by atoms with E-state index in [1.807, 2.05) is 17.0 Å². The van der Waals surface area contributed by atoms with E-state index in [0.29, 0.717) is 12.8 Å². The first-order chi connectivity index (χ1) is 12.4. The van der Waals surface area contributed by atoms with Crippen molar-refractivity contribution in [3.05, 3.63) is 54.0 Å². The summed E-state index contributed by atoms with van der Waals surface area (Å²) in [4.78, 5) is 14.2. The molecule has 0 radical (unpaired) electrons. The fourth-order valence-electron chi connectivity index (χ4n) is 4.15. The number of hydrogen-bond acceptors (Lipinski definition) is 4. The van der Waals surface area contributed by atoms with E-state index in [9.17, 15) is 17.1 Å². The largest absolute Gasteiger partial charge is 0.467 e. The first-order valence-corrected chi connectivity index (χ1v) is 10.1. The maximum atomic E-state index is 12.9. The van der Waals surface area contributed by atoms with E-state index in [1.165, 1.54) is 18.6 Å². The van der Waals surface area contributed by atoms with E-state index in [2.05, 4.69) is 0 Å². The number of benzene rings is 1. The van der Waals surface area contributed by atoms with Crippen molar-refractivity contribution in [3.8, 4) is 0 Å². The normalized spacial score (nSPS) is 21.3. The number of carbonyl (C=O) groups excluding carboxylic acids is 1. The second kappa shape index (κ2) is 6.23. The maximum Gasteiger partial charge on any atom is 0.332 e. The van der Waals surface area contributed by atoms with Crippen LogP contribution in [0.2, 0.25) is 0 Å². The van der Waals surface area contributed by atoms with Gasteiger partial charge in [0.05, 0.1) is 17.2 Å². The van der Waals surface area contributed by atoms with E-state index >= 15 is 0 Å². The van der Waals surface area contributed by atoms with Gasteiger partial charge in [0.25, 0.3) is 0 Å². The highest BCUT2D eigenvalue weighted by Crippen LogP contribution is 2.60. The molecule has 1 saturated carbocycles. The van der Waals surface area contributed by atoms with Gasteiger partial charge in [0.15, 0.2) is 0 Å². The van der Waals surface area contributed by atoms with Crippen molar-refractivity contribution in [2.75, 3.05) is 6.54 Å². The zero-order chi connectivity index (χ0) is 18.4. The highest BCUT2D eigenvalue weighted by Gasteiger charge is 2.58. The average molecular weight is 377 g/mol. The van der Waals surface area contributed by atoms with E-state index in [1.54, 1.807) is 18.4 Å². The minimum absolute atomic E-state index is 0.0257. The second-order valence-corrected chi connectivity index (χ2v) is 8.58. The van der Waals surface area contributed by atoms with E-state index in [4.69, 9.17) is 4.42 Å². The van der Waals surface area contributed by atoms with Crippen LogP contribution in [-0.4, -0.2) is 25.8 Å². The number of carbonyl (C=O) groups is 1. The number of likely N-dealkylation sites (tertiary alicyclic amines) is 1. The quantitative estimate of drug-likeness (QED) is 0.747. The third-order valence-corrected chi connectivity index (χ3v) is 6.53. The number of amides is 1. The molecule has 1 aromatic carbocycles. The van der Waals surface area contributed by atoms with Crippen molar-refractivity contribution in [2.24, 2.45) is 5.41 Å². The van der Waals surface area contributed by atoms with Gasteiger partial charge in [-0.2, -0.15) is 8.42 Å². The highest BCUT2D eigenvalue weighted by molar-refractivity contribution is 7.86. The Hall–Kier alpha value is -2.15. The van der Waals surface area contributed by atoms with Crippen molar-refractivity contribution in [1.29, 1.82) is 0 Å². The van der Waals surface area contributed by atoms with E-state index in [0.717, 1.165) is 30.7 Å². The molecule has 0 bridgehead atoms. The predicted octanol–water partition coefficient (Wildman–Crippen LogP) is 3.62. The fourth-order valence-corrected chi connectivity index (χ4v) is 4.61. The second-order valence-electron chi connectivity index (χ2n) is 7.24. The SMILES string of the molecule is O=C(CCc1ccc(S(=O)(=O)F)cc1)N1CC2(CCC2)C1c1ccco1. The average Bonchev–Trinajstić information content (AvgIpc) is 3.04. The summed E-state index contributed by atoms with van der Waals surface area (Å²) in [6.07, 6.45) is 5.91. The summed E-state index contributed by atoms with van der Waals surface area (Å²) in [6, 6.07) is 9.36. The van der Waals surface area contributed by atoms with Crippen molar-refractivity contribution < 1.29 is 21.5 Å². The van der Waals surface area contributed by atoms with E-state index in [-0.39, 0.29) is 22.3 Å². The van der Waals surface area contributed by atoms with Crippen molar-refractivity contribution >= 4 is 16.1 Å². The van der Waals surface area contributed by atoms with Gasteiger partial charge in [-0.3, -0.25) is 4.79 Å². The molecule has 138 valence electrons. The molecule has 0 N–H and O–H groups in total. The van der Waals surface area contributed by atoms with Gasteiger partial charge >= 0.3 is 10.2 Å². The molecule has 1 aliphatic heterocycles. The summed E-state index contributed by atoms with van der Waals surface area (Å²) in [6.45, 7) is 0.774. The lowest BCUT2D eigenvalue weighted by atomic mass is 9.57. The molecule has 5 nitrogen and oxygen atoms in total. The van der Waals surface area contributed by atoms with Crippen molar-refractivity contribution in [1.82, 2.24) is 4.90 Å². The molecular weight excluding hydrogens is 357 g/mol. The first-order valence-electron chi connectivity index (χ1n) is 8.76. The van der Waals surface area contributed by atoms with Crippen LogP contribution in [0.1, 0.15) is 43.0 Å². The number of furan rings is 1. The molecule has 1 saturated heterocycles. The minimum Gasteiger partial charge on any atom is -0.467 e. The third kappa shape index (κ3) is 2.94. The summed E-state index contributed by atoms with van der Waals surface area (Å²) in [7, 11) is -4.69. The molecule has 2 fully saturated rings. The smallest absolute Gasteiger partial charge is 0.332 e. The highest BCUT2D eigenvalue weighted by atomic mass is 32.3. The number of halogens is 1. The predicted molar refractivity (Wildman–Crippen MR) is 92.5 cm³/mol. The fraction of sp³-hybridized carbons (Fsp3) is 0.421. The maximum absolute atomic E-state index is 12.9. The molecule has 1 aromatic heterocycles. The summed E-state index contributed by atoms with van der Waals surface area (Å²) < 4.78 is 40.2. The lowest BCUT2D eigenvalue weighted by molar-refractivity contribution is -0.172. The summed E-state index contributed by atoms with van der Waals surface area (Å²) in [5, 5.41) is 0. The van der Waals surface area contributed by atoms with Crippen LogP contribution in [0, 0.1) is 5.41 Å². The molecule has 1 spiro atoms. The molecular formula is C19H20FNO4S. The first kappa shape index (κ1) is 17.3. The van der Waals surface area contributed by atoms with Crippen LogP contribution in [0.4, 0.5) is 3.89 Å². The van der Waals surface area contributed by atoms with Gasteiger partial charge in [-0.15, -0.1) is 3.89 Å². The Bertz CT molecular complexity index is 902. The molecule has 2 heterocycles. The molecule has 1 aliphatic carbocycles. The van der Waals surface area contributed by atoms with Gasteiger partial charge in [0.2, 0.25) is 5.91 Å². The summed E-state index contributed by atoms with van der Waals surface area (Å²) in [5.74, 6) is 0.910. The Morgan fingerprint density at radius 1 is 1.23 bits per heavy atom. The van der Waals surface area contributed by atoms with Gasteiger partial charge < -0.3 is 9.32 Å². The standard InChI is InChI=1S/C19H20FNO4S/c20-26(23,24)15-7-4-14(5-8-15)6-9-17(22)21-13-19(10-2-11-19)18(21)16-3-1-12-25-16/h1,3-5,7-8,12,18H,2,6,9-11,13H2. The Morgan fingerprint density at radius 3 is 2.50 bits per heavy atom. The van der Waals surface area contributed by atoms with Crippen LogP contribution < -0.4 is 0 Å². The number of nitrogens with zero attached hydrogens (tertiary/aromatic N) is 1. The van der Waals surface area contributed by atoms with Gasteiger partial charge in [0, 0.05) is 18.4 Å². The molecule has 26 heavy (non-hydrogen) atoms. The van der Waals surface area contributed by atoms with Gasteiger partial charge in [-0.1, -0.05) is 18.6 Å². The summed E-state index contributed by atoms with van der Waals surface area (Å²) in [5.41, 5.74) is 0.990. The molecule has 2 aliphatic rings. The zero-order valence-electron chi connectivity index (χ0n) is 14.2. The molecule has 4 rings (SSSR count). The Morgan fingerprint density at radius 2 is 1.96 bits per heavy atom. The van der Waals surface area contributed by atoms with Crippen LogP contribution in [0.25, 0.3) is 0 Å². The van der Waals surface area contributed by atoms with Crippen LogP contribution in [-0.2, 0) is 21.4 Å². The molecule has 1 atom stereocenters. The Labute approximate surface area is 152 Å². The monoisotopic (exact) mass is 377 g/mol. The Kier molecular flexibility index (Phi) is 4.14. The van der Waals surface area contributed by atoms with Crippen LogP contribution in [0.3, 0.4) is 0 Å². The number of hydrogen-bond donors (Lipinski definition) is 0. The lowest BCUT2D eigenvalue weighted by Crippen LogP contribution is -2.63. The van der Waals surface area contributed by atoms with Crippen LogP contribution in [0.5, 0.6) is 0 Å². The lowest BCUT2D eigenvalue weighted by Gasteiger charge is -2.61. The van der Waals surface area contributed by atoms with Crippen LogP contribution in [0.15, 0.2) is 52.0 Å². The minimum atomic E-state index is -4.69.